The minimum absolute atomic E-state index is 0.154. The van der Waals surface area contributed by atoms with Crippen LogP contribution in [0, 0.1) is 22.7 Å². The summed E-state index contributed by atoms with van der Waals surface area (Å²) in [5.74, 6) is 2.96. The van der Waals surface area contributed by atoms with Gasteiger partial charge in [-0.3, -0.25) is 0 Å². The van der Waals surface area contributed by atoms with Crippen LogP contribution in [0.3, 0.4) is 0 Å². The monoisotopic (exact) mass is 1220 g/mol. The summed E-state index contributed by atoms with van der Waals surface area (Å²) in [6, 6.07) is 52.0. The highest BCUT2D eigenvalue weighted by Gasteiger charge is 2.54. The predicted octanol–water partition coefficient (Wildman–Crippen LogP) is 22.2. The number of hydrogen-bond donors (Lipinski definition) is 0. The lowest BCUT2D eigenvalue weighted by Gasteiger charge is -2.41. The molecule has 0 aliphatic heterocycles. The smallest absolute Gasteiger partial charge is 0.248 e. The van der Waals surface area contributed by atoms with Crippen LogP contribution in [0.1, 0.15) is 159 Å². The standard InChI is InChI=1S/C85H82N6O2/c1-83(2,3)63-39-27-57(28-40-63)79-86-88-81(92-79)61-37-49-73-71-47-35-59(55-31-43-69(44-32-55)90(65-19-11-7-12-20-65)66-21-13-8-14-22-66)51-75(71)85(77(73)53-61)76-52-60(56-33-45-70(46-34-56)91(67-23-15-9-16-24-67)68-25-17-10-18-26-68)36-48-72(76)74-50-38-62(54-78(74)85)82-89-87-80(93-82)58-29-41-64(42-30-58)84(4,5)6/h7-9,11-15,19-23,27-33,35,37-39,41,43-45,47,49-54,63-64,68H,10,16-18,24-26,34,36,40,42,46,48H2,1-6H3. The van der Waals surface area contributed by atoms with Gasteiger partial charge in [0, 0.05) is 56.8 Å². The van der Waals surface area contributed by atoms with E-state index in [0.29, 0.717) is 41.4 Å². The highest BCUT2D eigenvalue weighted by molar-refractivity contribution is 5.99. The quantitative estimate of drug-likeness (QED) is 0.120. The number of anilines is 3. The molecule has 8 aromatic rings. The van der Waals surface area contributed by atoms with Gasteiger partial charge in [-0.1, -0.05) is 194 Å². The Labute approximate surface area is 548 Å². The van der Waals surface area contributed by atoms with Crippen LogP contribution in [0.15, 0.2) is 249 Å². The van der Waals surface area contributed by atoms with Crippen molar-refractivity contribution in [3.63, 3.8) is 0 Å². The van der Waals surface area contributed by atoms with Gasteiger partial charge in [0.15, 0.2) is 0 Å². The summed E-state index contributed by atoms with van der Waals surface area (Å²) in [6.45, 7) is 13.8. The molecule has 2 heterocycles. The Kier molecular flexibility index (Phi) is 14.9. The average Bonchev–Trinajstić information content (AvgIpc) is 1.51. The van der Waals surface area contributed by atoms with E-state index in [-0.39, 0.29) is 10.8 Å². The highest BCUT2D eigenvalue weighted by Crippen LogP contribution is 2.65. The lowest BCUT2D eigenvalue weighted by Crippen LogP contribution is -2.36. The SMILES string of the molecule is CC(C)(C)C1C=CC(c2nnc(-c3ccc4c(c3)C3(C5=C4CCC(C4=CC=C(N(C6=CC=CCC6)C6CCCCC6)CC4)=C5)c4cc(-c5ccc(N(c6ccccc6)c6ccccc6)cc5)ccc4-c4ccc(-c5nnc(C6=CCC(C(C)(C)C)C=C6)o5)cc43)o2)=CC1. The van der Waals surface area contributed by atoms with Crippen molar-refractivity contribution in [3.05, 3.63) is 275 Å². The zero-order valence-electron chi connectivity index (χ0n) is 54.6. The molecule has 3 unspecified atom stereocenters. The van der Waals surface area contributed by atoms with Crippen LogP contribution in [0.25, 0.3) is 61.9 Å². The maximum atomic E-state index is 6.78. The maximum absolute atomic E-state index is 6.78. The summed E-state index contributed by atoms with van der Waals surface area (Å²) in [5, 5.41) is 19.2. The second kappa shape index (κ2) is 23.6. The molecule has 16 rings (SSSR count). The van der Waals surface area contributed by atoms with E-state index >= 15 is 0 Å². The summed E-state index contributed by atoms with van der Waals surface area (Å²) >= 11 is 0. The van der Waals surface area contributed by atoms with Gasteiger partial charge in [-0.05, 0) is 233 Å². The van der Waals surface area contributed by atoms with Crippen molar-refractivity contribution < 1.29 is 8.83 Å². The van der Waals surface area contributed by atoms with E-state index in [0.717, 1.165) is 102 Å². The Bertz CT molecular complexity index is 4530. The van der Waals surface area contributed by atoms with Crippen molar-refractivity contribution in [1.82, 2.24) is 25.3 Å². The maximum Gasteiger partial charge on any atom is 0.248 e. The number of nitrogens with zero attached hydrogens (tertiary/aromatic N) is 6. The van der Waals surface area contributed by atoms with Crippen LogP contribution < -0.4 is 4.90 Å². The topological polar surface area (TPSA) is 84.3 Å². The predicted molar refractivity (Wildman–Crippen MR) is 379 cm³/mol. The molecule has 8 aliphatic carbocycles. The molecule has 464 valence electrons. The molecule has 8 nitrogen and oxygen atoms in total. The lowest BCUT2D eigenvalue weighted by atomic mass is 9.67. The van der Waals surface area contributed by atoms with Crippen LogP contribution in [0.2, 0.25) is 0 Å². The summed E-state index contributed by atoms with van der Waals surface area (Å²) < 4.78 is 13.6. The summed E-state index contributed by atoms with van der Waals surface area (Å²) in [5.41, 5.74) is 24.7. The molecule has 1 saturated carbocycles. The lowest BCUT2D eigenvalue weighted by molar-refractivity contribution is 0.230. The molecule has 8 aliphatic rings. The molecule has 1 spiro atoms. The number of benzene rings is 6. The Morgan fingerprint density at radius 3 is 1.53 bits per heavy atom. The van der Waals surface area contributed by atoms with Gasteiger partial charge in [-0.2, -0.15) is 0 Å². The number of rotatable bonds is 12. The van der Waals surface area contributed by atoms with Gasteiger partial charge in [0.05, 0.1) is 5.41 Å². The highest BCUT2D eigenvalue weighted by atomic mass is 16.4. The third-order valence-electron chi connectivity index (χ3n) is 21.4. The van der Waals surface area contributed by atoms with Crippen LogP contribution in [-0.2, 0) is 5.41 Å². The summed E-state index contributed by atoms with van der Waals surface area (Å²) in [7, 11) is 0. The fraction of sp³-hybridized carbons (Fsp3) is 0.294. The van der Waals surface area contributed by atoms with Crippen molar-refractivity contribution in [2.24, 2.45) is 22.7 Å². The van der Waals surface area contributed by atoms with Crippen molar-refractivity contribution >= 4 is 33.8 Å². The van der Waals surface area contributed by atoms with E-state index < -0.39 is 5.41 Å². The Balaban J connectivity index is 0.859. The molecule has 1 fully saturated rings. The molecular weight excluding hydrogens is 1140 g/mol. The third-order valence-corrected chi connectivity index (χ3v) is 21.4. The van der Waals surface area contributed by atoms with Crippen molar-refractivity contribution in [1.29, 1.82) is 0 Å². The number of para-hydroxylation sites is 2. The van der Waals surface area contributed by atoms with Crippen LogP contribution in [0.5, 0.6) is 0 Å². The molecule has 0 saturated heterocycles. The molecule has 3 atom stereocenters. The molecule has 0 N–H and O–H groups in total. The molecule has 0 bridgehead atoms. The molecule has 6 aromatic carbocycles. The third kappa shape index (κ3) is 10.6. The first-order valence-corrected chi connectivity index (χ1v) is 34.2. The Morgan fingerprint density at radius 1 is 0.473 bits per heavy atom. The number of fused-ring (bicyclic) bond motifs is 9. The second-order valence-corrected chi connectivity index (χ2v) is 29.1. The van der Waals surface area contributed by atoms with Gasteiger partial charge < -0.3 is 18.6 Å². The zero-order chi connectivity index (χ0) is 63.0. The molecule has 0 amide bonds. The van der Waals surface area contributed by atoms with E-state index in [1.54, 1.807) is 0 Å². The van der Waals surface area contributed by atoms with Crippen LogP contribution >= 0.6 is 0 Å². The summed E-state index contributed by atoms with van der Waals surface area (Å²) in [4.78, 5) is 5.11. The molecule has 93 heavy (non-hydrogen) atoms. The number of allylic oxidation sites excluding steroid dienone is 20. The van der Waals surface area contributed by atoms with Gasteiger partial charge in [0.2, 0.25) is 23.6 Å². The van der Waals surface area contributed by atoms with Gasteiger partial charge >= 0.3 is 0 Å². The van der Waals surface area contributed by atoms with Crippen LogP contribution in [0.4, 0.5) is 17.1 Å². The molecular formula is C85H82N6O2. The zero-order valence-corrected chi connectivity index (χ0v) is 54.6. The van der Waals surface area contributed by atoms with Crippen molar-refractivity contribution in [3.8, 4) is 45.2 Å². The van der Waals surface area contributed by atoms with Gasteiger partial charge in [-0.25, -0.2) is 0 Å². The largest absolute Gasteiger partial charge is 0.416 e. The minimum Gasteiger partial charge on any atom is -0.416 e. The molecule has 8 heteroatoms. The van der Waals surface area contributed by atoms with Crippen molar-refractivity contribution in [2.45, 2.75) is 136 Å². The Hall–Kier alpha value is -9.40. The molecule has 0 radical (unpaired) electrons. The van der Waals surface area contributed by atoms with Crippen LogP contribution in [-0.4, -0.2) is 31.3 Å². The van der Waals surface area contributed by atoms with Gasteiger partial charge in [0.25, 0.3) is 0 Å². The normalized spacial score (nSPS) is 20.9. The first-order chi connectivity index (χ1) is 45.3. The van der Waals surface area contributed by atoms with E-state index in [4.69, 9.17) is 29.2 Å². The number of hydrogen-bond acceptors (Lipinski definition) is 8. The Morgan fingerprint density at radius 2 is 0.989 bits per heavy atom. The minimum atomic E-state index is -0.770. The number of aromatic nitrogens is 4. The summed E-state index contributed by atoms with van der Waals surface area (Å²) in [6.07, 6.45) is 42.6. The van der Waals surface area contributed by atoms with Gasteiger partial charge in [-0.15, -0.1) is 20.4 Å². The average molecular weight is 1220 g/mol. The fourth-order valence-corrected chi connectivity index (χ4v) is 16.2. The van der Waals surface area contributed by atoms with Crippen molar-refractivity contribution in [2.75, 3.05) is 4.90 Å². The van der Waals surface area contributed by atoms with E-state index in [1.807, 2.05) is 0 Å². The first kappa shape index (κ1) is 58.7. The van der Waals surface area contributed by atoms with E-state index in [1.165, 1.54) is 99.2 Å². The van der Waals surface area contributed by atoms with E-state index in [9.17, 15) is 0 Å². The fourth-order valence-electron chi connectivity index (χ4n) is 16.2. The molecule has 2 aromatic heterocycles. The first-order valence-electron chi connectivity index (χ1n) is 34.2. The second-order valence-electron chi connectivity index (χ2n) is 29.1. The van der Waals surface area contributed by atoms with E-state index in [2.05, 4.69) is 264 Å². The van der Waals surface area contributed by atoms with Gasteiger partial charge in [0.1, 0.15) is 0 Å².